The van der Waals surface area contributed by atoms with Crippen LogP contribution in [0.4, 0.5) is 0 Å². The molecule has 0 atom stereocenters. The molecule has 1 aliphatic rings. The third kappa shape index (κ3) is 4.66. The molecular weight excluding hydrogens is 399 g/mol. The summed E-state index contributed by atoms with van der Waals surface area (Å²) in [6.45, 7) is 1.91. The first-order valence-electron chi connectivity index (χ1n) is 8.84. The molecule has 0 radical (unpaired) electrons. The van der Waals surface area contributed by atoms with E-state index in [-0.39, 0.29) is 11.8 Å². The van der Waals surface area contributed by atoms with Crippen LogP contribution in [0.15, 0.2) is 48.5 Å². The first-order valence-corrected chi connectivity index (χ1v) is 9.59. The maximum atomic E-state index is 12.7. The van der Waals surface area contributed by atoms with Crippen molar-refractivity contribution in [1.82, 2.24) is 9.80 Å². The van der Waals surface area contributed by atoms with Gasteiger partial charge in [0.05, 0.1) is 17.2 Å². The number of carbonyl (C=O) groups excluding carboxylic acids is 2. The van der Waals surface area contributed by atoms with E-state index >= 15 is 0 Å². The van der Waals surface area contributed by atoms with Crippen molar-refractivity contribution in [3.63, 3.8) is 0 Å². The van der Waals surface area contributed by atoms with Crippen LogP contribution >= 0.6 is 23.2 Å². The number of piperazine rings is 1. The van der Waals surface area contributed by atoms with Crippen molar-refractivity contribution in [2.24, 2.45) is 0 Å². The number of amides is 2. The van der Waals surface area contributed by atoms with Gasteiger partial charge in [-0.1, -0.05) is 41.4 Å². The Hall–Kier alpha value is -2.50. The molecule has 7 heteroatoms. The average Bonchev–Trinajstić information content (AvgIpc) is 2.74. The van der Waals surface area contributed by atoms with Crippen LogP contribution in [0.3, 0.4) is 0 Å². The van der Waals surface area contributed by atoms with Crippen LogP contribution in [-0.4, -0.2) is 54.9 Å². The van der Waals surface area contributed by atoms with Crippen LogP contribution in [0.5, 0.6) is 5.75 Å². The van der Waals surface area contributed by atoms with Crippen molar-refractivity contribution in [2.45, 2.75) is 0 Å². The van der Waals surface area contributed by atoms with Gasteiger partial charge in [-0.15, -0.1) is 0 Å². The van der Waals surface area contributed by atoms with Gasteiger partial charge in [-0.2, -0.15) is 0 Å². The zero-order valence-corrected chi connectivity index (χ0v) is 16.9. The minimum Gasteiger partial charge on any atom is -0.497 e. The Bertz CT molecular complexity index is 906. The smallest absolute Gasteiger partial charge is 0.254 e. The van der Waals surface area contributed by atoms with Gasteiger partial charge in [0.2, 0.25) is 5.91 Å². The number of carbonyl (C=O) groups is 2. The van der Waals surface area contributed by atoms with Gasteiger partial charge in [0.15, 0.2) is 0 Å². The van der Waals surface area contributed by atoms with E-state index in [0.717, 1.165) is 0 Å². The van der Waals surface area contributed by atoms with Crippen molar-refractivity contribution >= 4 is 41.1 Å². The third-order valence-electron chi connectivity index (χ3n) is 4.58. The second kappa shape index (κ2) is 9.13. The number of hydrogen-bond donors (Lipinski definition) is 0. The number of halogens is 2. The standard InChI is InChI=1S/C21H20Cl2N2O3/c1-28-17-6-2-5-16(14-17)21(27)25-12-10-24(11-13-25)19(26)9-8-15-4-3-7-18(22)20(15)23/h2-9,14H,10-13H2,1H3/b9-8+. The molecule has 0 aliphatic carbocycles. The molecule has 3 rings (SSSR count). The molecule has 1 heterocycles. The topological polar surface area (TPSA) is 49.9 Å². The van der Waals surface area contributed by atoms with Crippen LogP contribution in [0, 0.1) is 0 Å². The Morgan fingerprint density at radius 1 is 1.00 bits per heavy atom. The highest BCUT2D eigenvalue weighted by Crippen LogP contribution is 2.26. The van der Waals surface area contributed by atoms with Crippen LogP contribution in [0.2, 0.25) is 10.0 Å². The van der Waals surface area contributed by atoms with Gasteiger partial charge in [0, 0.05) is 37.8 Å². The minimum absolute atomic E-state index is 0.0627. The molecule has 1 aliphatic heterocycles. The second-order valence-corrected chi connectivity index (χ2v) is 7.11. The van der Waals surface area contributed by atoms with Crippen LogP contribution in [-0.2, 0) is 4.79 Å². The van der Waals surface area contributed by atoms with E-state index in [4.69, 9.17) is 27.9 Å². The maximum absolute atomic E-state index is 12.7. The van der Waals surface area contributed by atoms with Crippen LogP contribution < -0.4 is 4.74 Å². The van der Waals surface area contributed by atoms with E-state index in [0.29, 0.717) is 53.1 Å². The highest BCUT2D eigenvalue weighted by Gasteiger charge is 2.24. The molecule has 0 aromatic heterocycles. The summed E-state index contributed by atoms with van der Waals surface area (Å²) >= 11 is 12.1. The van der Waals surface area contributed by atoms with Crippen LogP contribution in [0.1, 0.15) is 15.9 Å². The number of benzene rings is 2. The Balaban J connectivity index is 1.58. The molecule has 0 bridgehead atoms. The fraction of sp³-hybridized carbons (Fsp3) is 0.238. The SMILES string of the molecule is COc1cccc(C(=O)N2CCN(C(=O)/C=C/c3cccc(Cl)c3Cl)CC2)c1. The first kappa shape index (κ1) is 20.2. The normalized spacial score (nSPS) is 14.4. The van der Waals surface area contributed by atoms with Gasteiger partial charge in [-0.05, 0) is 35.9 Å². The number of methoxy groups -OCH3 is 1. The van der Waals surface area contributed by atoms with Gasteiger partial charge in [-0.25, -0.2) is 0 Å². The number of nitrogens with zero attached hydrogens (tertiary/aromatic N) is 2. The van der Waals surface area contributed by atoms with E-state index in [1.54, 1.807) is 65.5 Å². The van der Waals surface area contributed by atoms with E-state index in [1.807, 2.05) is 0 Å². The molecule has 2 amide bonds. The maximum Gasteiger partial charge on any atom is 0.254 e. The predicted molar refractivity (Wildman–Crippen MR) is 111 cm³/mol. The zero-order valence-electron chi connectivity index (χ0n) is 15.4. The molecule has 0 unspecified atom stereocenters. The lowest BCUT2D eigenvalue weighted by Crippen LogP contribution is -2.50. The monoisotopic (exact) mass is 418 g/mol. The van der Waals surface area contributed by atoms with E-state index in [1.165, 1.54) is 6.08 Å². The molecular formula is C21H20Cl2N2O3. The third-order valence-corrected chi connectivity index (χ3v) is 5.42. The van der Waals surface area contributed by atoms with Crippen molar-refractivity contribution in [3.05, 3.63) is 69.7 Å². The Labute approximate surface area is 174 Å². The zero-order chi connectivity index (χ0) is 20.1. The quantitative estimate of drug-likeness (QED) is 0.704. The first-order chi connectivity index (χ1) is 13.5. The molecule has 0 N–H and O–H groups in total. The van der Waals surface area contributed by atoms with Gasteiger partial charge < -0.3 is 14.5 Å². The summed E-state index contributed by atoms with van der Waals surface area (Å²) in [6, 6.07) is 12.3. The van der Waals surface area contributed by atoms with Gasteiger partial charge >= 0.3 is 0 Å². The summed E-state index contributed by atoms with van der Waals surface area (Å²) in [5.74, 6) is 0.459. The summed E-state index contributed by atoms with van der Waals surface area (Å²) in [5.41, 5.74) is 1.27. The average molecular weight is 419 g/mol. The lowest BCUT2D eigenvalue weighted by molar-refractivity contribution is -0.127. The van der Waals surface area contributed by atoms with Crippen molar-refractivity contribution in [2.75, 3.05) is 33.3 Å². The molecule has 0 saturated carbocycles. The predicted octanol–water partition coefficient (Wildman–Crippen LogP) is 4.00. The largest absolute Gasteiger partial charge is 0.497 e. The molecule has 1 saturated heterocycles. The van der Waals surface area contributed by atoms with E-state index in [9.17, 15) is 9.59 Å². The second-order valence-electron chi connectivity index (χ2n) is 6.33. The Kier molecular flexibility index (Phi) is 6.60. The molecule has 28 heavy (non-hydrogen) atoms. The fourth-order valence-electron chi connectivity index (χ4n) is 2.98. The van der Waals surface area contributed by atoms with Gasteiger partial charge in [-0.3, -0.25) is 9.59 Å². The van der Waals surface area contributed by atoms with Gasteiger partial charge in [0.25, 0.3) is 5.91 Å². The molecule has 146 valence electrons. The highest BCUT2D eigenvalue weighted by atomic mass is 35.5. The summed E-state index contributed by atoms with van der Waals surface area (Å²) in [4.78, 5) is 28.5. The number of rotatable bonds is 4. The van der Waals surface area contributed by atoms with Crippen molar-refractivity contribution in [3.8, 4) is 5.75 Å². The van der Waals surface area contributed by atoms with Crippen LogP contribution in [0.25, 0.3) is 6.08 Å². The summed E-state index contributed by atoms with van der Waals surface area (Å²) < 4.78 is 5.17. The minimum atomic E-state index is -0.121. The summed E-state index contributed by atoms with van der Waals surface area (Å²) in [5, 5.41) is 0.864. The Morgan fingerprint density at radius 3 is 2.39 bits per heavy atom. The van der Waals surface area contributed by atoms with E-state index < -0.39 is 0 Å². The summed E-state index contributed by atoms with van der Waals surface area (Å²) in [7, 11) is 1.57. The molecule has 5 nitrogen and oxygen atoms in total. The fourth-order valence-corrected chi connectivity index (χ4v) is 3.36. The molecule has 0 spiro atoms. The lowest BCUT2D eigenvalue weighted by Gasteiger charge is -2.34. The number of ether oxygens (including phenoxy) is 1. The van der Waals surface area contributed by atoms with Crippen molar-refractivity contribution in [1.29, 1.82) is 0 Å². The lowest BCUT2D eigenvalue weighted by atomic mass is 10.1. The molecule has 1 fully saturated rings. The highest BCUT2D eigenvalue weighted by molar-refractivity contribution is 6.42. The molecule has 2 aromatic carbocycles. The van der Waals surface area contributed by atoms with Gasteiger partial charge in [0.1, 0.15) is 5.75 Å². The van der Waals surface area contributed by atoms with Crippen molar-refractivity contribution < 1.29 is 14.3 Å². The Morgan fingerprint density at radius 2 is 1.68 bits per heavy atom. The number of hydrogen-bond acceptors (Lipinski definition) is 3. The summed E-state index contributed by atoms with van der Waals surface area (Å²) in [6.07, 6.45) is 3.14. The molecule has 2 aromatic rings. The van der Waals surface area contributed by atoms with E-state index in [2.05, 4.69) is 0 Å².